The number of hydrogen-bond acceptors (Lipinski definition) is 3. The summed E-state index contributed by atoms with van der Waals surface area (Å²) >= 11 is 0. The van der Waals surface area contributed by atoms with E-state index in [0.29, 0.717) is 6.54 Å². The van der Waals surface area contributed by atoms with Gasteiger partial charge in [-0.1, -0.05) is 42.5 Å². The van der Waals surface area contributed by atoms with Crippen molar-refractivity contribution in [3.63, 3.8) is 0 Å². The van der Waals surface area contributed by atoms with Gasteiger partial charge in [-0.25, -0.2) is 0 Å². The van der Waals surface area contributed by atoms with Crippen LogP contribution in [-0.4, -0.2) is 36.6 Å². The Morgan fingerprint density at radius 2 is 1.61 bits per heavy atom. The van der Waals surface area contributed by atoms with Gasteiger partial charge in [-0.15, -0.1) is 0 Å². The molecule has 0 unspecified atom stereocenters. The number of para-hydroxylation sites is 1. The molecule has 166 valence electrons. The molecule has 5 heteroatoms. The van der Waals surface area contributed by atoms with Crippen LogP contribution in [0, 0.1) is 0 Å². The van der Waals surface area contributed by atoms with E-state index in [1.165, 1.54) is 10.9 Å². The second kappa shape index (κ2) is 8.87. The number of hydrogen-bond donors (Lipinski definition) is 1. The summed E-state index contributed by atoms with van der Waals surface area (Å²) in [5.74, 6) is 1.57. The van der Waals surface area contributed by atoms with Crippen molar-refractivity contribution in [2.24, 2.45) is 0 Å². The number of carbonyl (C=O) groups is 1. The second-order valence-corrected chi connectivity index (χ2v) is 8.13. The molecule has 0 fully saturated rings. The number of carbonyl (C=O) groups excluding carboxylic acids is 1. The summed E-state index contributed by atoms with van der Waals surface area (Å²) in [6.07, 6.45) is 4.33. The van der Waals surface area contributed by atoms with Crippen molar-refractivity contribution in [3.8, 4) is 11.5 Å². The zero-order chi connectivity index (χ0) is 22.8. The number of H-pyrrole nitrogens is 1. The van der Waals surface area contributed by atoms with Crippen LogP contribution in [0.1, 0.15) is 28.4 Å². The smallest absolute Gasteiger partial charge is 0.247 e. The predicted molar refractivity (Wildman–Crippen MR) is 131 cm³/mol. The molecular formula is C28H26N2O3. The molecular weight excluding hydrogens is 412 g/mol. The maximum absolute atomic E-state index is 13.4. The summed E-state index contributed by atoms with van der Waals surface area (Å²) < 4.78 is 10.6. The Labute approximate surface area is 193 Å². The second-order valence-electron chi connectivity index (χ2n) is 8.13. The Hall–Kier alpha value is -3.99. The van der Waals surface area contributed by atoms with Gasteiger partial charge in [-0.3, -0.25) is 4.79 Å². The van der Waals surface area contributed by atoms with Crippen LogP contribution in [0.4, 0.5) is 0 Å². The molecule has 0 radical (unpaired) electrons. The average Bonchev–Trinajstić information content (AvgIpc) is 3.26. The van der Waals surface area contributed by atoms with Crippen molar-refractivity contribution >= 4 is 22.9 Å². The number of methoxy groups -OCH3 is 2. The average molecular weight is 439 g/mol. The molecule has 1 atom stereocenters. The lowest BCUT2D eigenvalue weighted by atomic mass is 9.92. The molecule has 5 nitrogen and oxygen atoms in total. The molecule has 1 aliphatic rings. The van der Waals surface area contributed by atoms with Gasteiger partial charge in [0.15, 0.2) is 0 Å². The fourth-order valence-electron chi connectivity index (χ4n) is 4.59. The third-order valence-corrected chi connectivity index (χ3v) is 6.28. The van der Waals surface area contributed by atoms with E-state index < -0.39 is 0 Å². The highest BCUT2D eigenvalue weighted by atomic mass is 16.5. The maximum atomic E-state index is 13.4. The van der Waals surface area contributed by atoms with E-state index >= 15 is 0 Å². The summed E-state index contributed by atoms with van der Waals surface area (Å²) in [4.78, 5) is 18.9. The standard InChI is InChI=1S/C28H26N2O3/c1-32-21-12-7-19(8-13-21)9-16-26(31)30-18-17-24-23-5-3-4-6-25(23)29-27(24)28(30)20-10-14-22(33-2)15-11-20/h3-16,28-29H,17-18H2,1-2H3/b16-9+/t28-/m0/s1. The summed E-state index contributed by atoms with van der Waals surface area (Å²) in [6.45, 7) is 0.650. The van der Waals surface area contributed by atoms with Crippen molar-refractivity contribution in [2.75, 3.05) is 20.8 Å². The van der Waals surface area contributed by atoms with E-state index in [-0.39, 0.29) is 11.9 Å². The highest BCUT2D eigenvalue weighted by molar-refractivity contribution is 5.93. The third kappa shape index (κ3) is 3.98. The number of aromatic amines is 1. The van der Waals surface area contributed by atoms with E-state index in [0.717, 1.165) is 40.3 Å². The zero-order valence-electron chi connectivity index (χ0n) is 18.7. The molecule has 3 aromatic carbocycles. The maximum Gasteiger partial charge on any atom is 0.247 e. The Balaban J connectivity index is 1.52. The van der Waals surface area contributed by atoms with Crippen LogP contribution < -0.4 is 9.47 Å². The van der Waals surface area contributed by atoms with E-state index in [2.05, 4.69) is 23.2 Å². The van der Waals surface area contributed by atoms with Crippen LogP contribution in [-0.2, 0) is 11.2 Å². The minimum atomic E-state index is -0.194. The number of ether oxygens (including phenoxy) is 2. The van der Waals surface area contributed by atoms with Gasteiger partial charge < -0.3 is 19.4 Å². The minimum Gasteiger partial charge on any atom is -0.497 e. The monoisotopic (exact) mass is 438 g/mol. The van der Waals surface area contributed by atoms with Gasteiger partial charge in [0, 0.05) is 29.2 Å². The van der Waals surface area contributed by atoms with Crippen LogP contribution >= 0.6 is 0 Å². The van der Waals surface area contributed by atoms with Crippen LogP contribution in [0.25, 0.3) is 17.0 Å². The van der Waals surface area contributed by atoms with E-state index in [1.54, 1.807) is 20.3 Å². The molecule has 0 saturated carbocycles. The number of nitrogens with one attached hydrogen (secondary N) is 1. The van der Waals surface area contributed by atoms with Crippen LogP contribution in [0.5, 0.6) is 11.5 Å². The Morgan fingerprint density at radius 1 is 0.939 bits per heavy atom. The molecule has 1 N–H and O–H groups in total. The molecule has 1 aromatic heterocycles. The van der Waals surface area contributed by atoms with Gasteiger partial charge >= 0.3 is 0 Å². The van der Waals surface area contributed by atoms with Crippen molar-refractivity contribution in [1.29, 1.82) is 0 Å². The molecule has 1 aliphatic heterocycles. The number of nitrogens with zero attached hydrogens (tertiary/aromatic N) is 1. The lowest BCUT2D eigenvalue weighted by Gasteiger charge is -2.35. The first-order valence-corrected chi connectivity index (χ1v) is 11.0. The van der Waals surface area contributed by atoms with Crippen molar-refractivity contribution in [1.82, 2.24) is 9.88 Å². The van der Waals surface area contributed by atoms with E-state index in [4.69, 9.17) is 9.47 Å². The molecule has 0 spiro atoms. The molecule has 4 aromatic rings. The normalized spacial score (nSPS) is 15.6. The Kier molecular flexibility index (Phi) is 5.61. The highest BCUT2D eigenvalue weighted by Crippen LogP contribution is 2.39. The summed E-state index contributed by atoms with van der Waals surface area (Å²) in [7, 11) is 3.30. The molecule has 33 heavy (non-hydrogen) atoms. The fraction of sp³-hybridized carbons (Fsp3) is 0.179. The van der Waals surface area contributed by atoms with Gasteiger partial charge in [-0.05, 0) is 59.5 Å². The molecule has 2 heterocycles. The lowest BCUT2D eigenvalue weighted by molar-refractivity contribution is -0.128. The topological polar surface area (TPSA) is 54.6 Å². The molecule has 0 aliphatic carbocycles. The number of benzene rings is 3. The molecule has 0 saturated heterocycles. The van der Waals surface area contributed by atoms with Crippen molar-refractivity contribution in [2.45, 2.75) is 12.5 Å². The van der Waals surface area contributed by atoms with Gasteiger partial charge in [0.2, 0.25) is 5.91 Å². The summed E-state index contributed by atoms with van der Waals surface area (Å²) in [5.41, 5.74) is 5.47. The van der Waals surface area contributed by atoms with Gasteiger partial charge in [-0.2, -0.15) is 0 Å². The Bertz CT molecular complexity index is 1300. The van der Waals surface area contributed by atoms with E-state index in [9.17, 15) is 4.79 Å². The van der Waals surface area contributed by atoms with Gasteiger partial charge in [0.25, 0.3) is 0 Å². The van der Waals surface area contributed by atoms with Crippen LogP contribution in [0.15, 0.2) is 78.9 Å². The van der Waals surface area contributed by atoms with Gasteiger partial charge in [0.1, 0.15) is 11.5 Å². The quantitative estimate of drug-likeness (QED) is 0.426. The molecule has 5 rings (SSSR count). The van der Waals surface area contributed by atoms with Crippen molar-refractivity contribution in [3.05, 3.63) is 101 Å². The van der Waals surface area contributed by atoms with Crippen LogP contribution in [0.2, 0.25) is 0 Å². The SMILES string of the molecule is COc1ccc(/C=C/C(=O)N2CCc3c([nH]c4ccccc34)[C@@H]2c2ccc(OC)cc2)cc1. The zero-order valence-corrected chi connectivity index (χ0v) is 18.7. The fourth-order valence-corrected chi connectivity index (χ4v) is 4.59. The minimum absolute atomic E-state index is 0.0176. The number of rotatable bonds is 5. The molecule has 0 bridgehead atoms. The first-order valence-electron chi connectivity index (χ1n) is 11.0. The summed E-state index contributed by atoms with van der Waals surface area (Å²) in [6, 6.07) is 23.8. The van der Waals surface area contributed by atoms with Gasteiger partial charge in [0.05, 0.1) is 20.3 Å². The Morgan fingerprint density at radius 3 is 2.30 bits per heavy atom. The first kappa shape index (κ1) is 20.9. The third-order valence-electron chi connectivity index (χ3n) is 6.28. The number of amides is 1. The van der Waals surface area contributed by atoms with E-state index in [1.807, 2.05) is 65.6 Å². The lowest BCUT2D eigenvalue weighted by Crippen LogP contribution is -2.39. The van der Waals surface area contributed by atoms with Crippen molar-refractivity contribution < 1.29 is 14.3 Å². The number of aromatic nitrogens is 1. The predicted octanol–water partition coefficient (Wildman–Crippen LogP) is 5.37. The summed E-state index contributed by atoms with van der Waals surface area (Å²) in [5, 5.41) is 1.23. The number of fused-ring (bicyclic) bond motifs is 3. The highest BCUT2D eigenvalue weighted by Gasteiger charge is 2.33. The first-order chi connectivity index (χ1) is 16.2. The molecule has 1 amide bonds. The largest absolute Gasteiger partial charge is 0.497 e. The van der Waals surface area contributed by atoms with Crippen LogP contribution in [0.3, 0.4) is 0 Å².